The summed E-state index contributed by atoms with van der Waals surface area (Å²) in [7, 11) is 0. The Morgan fingerprint density at radius 3 is 2.58 bits per heavy atom. The zero-order chi connectivity index (χ0) is 13.8. The zero-order valence-corrected chi connectivity index (χ0v) is 12.7. The average Bonchev–Trinajstić information content (AvgIpc) is 2.41. The van der Waals surface area contributed by atoms with Gasteiger partial charge in [0.15, 0.2) is 0 Å². The zero-order valence-electron chi connectivity index (χ0n) is 10.3. The molecule has 0 aliphatic heterocycles. The third-order valence-corrected chi connectivity index (χ3v) is 3.93. The lowest BCUT2D eigenvalue weighted by atomic mass is 10.2. The number of ether oxygens (including phenoxy) is 1. The Balaban J connectivity index is 2.31. The smallest absolute Gasteiger partial charge is 0.141 e. The highest BCUT2D eigenvalue weighted by Gasteiger charge is 2.08. The molecular formula is C14H13BrN2OS. The minimum Gasteiger partial charge on any atom is -0.455 e. The molecule has 2 aromatic carbocycles. The van der Waals surface area contributed by atoms with E-state index in [4.69, 9.17) is 15.9 Å². The van der Waals surface area contributed by atoms with Gasteiger partial charge in [-0.1, -0.05) is 12.1 Å². The number of hydrogen-bond acceptors (Lipinski definition) is 3. The van der Waals surface area contributed by atoms with Gasteiger partial charge in [0.05, 0.1) is 4.47 Å². The first-order valence-electron chi connectivity index (χ1n) is 5.56. The van der Waals surface area contributed by atoms with Crippen molar-refractivity contribution in [3.05, 3.63) is 52.5 Å². The number of halogens is 1. The van der Waals surface area contributed by atoms with E-state index in [2.05, 4.69) is 15.9 Å². The molecule has 0 spiro atoms. The van der Waals surface area contributed by atoms with Crippen molar-refractivity contribution in [2.24, 2.45) is 5.73 Å². The molecule has 0 amide bonds. The lowest BCUT2D eigenvalue weighted by Crippen LogP contribution is -2.10. The fourth-order valence-electron chi connectivity index (χ4n) is 1.57. The fraction of sp³-hybridized carbons (Fsp3) is 0.0714. The molecule has 0 bridgehead atoms. The first kappa shape index (κ1) is 14.0. The Bertz CT molecular complexity index is 616. The van der Waals surface area contributed by atoms with E-state index in [1.807, 2.05) is 30.5 Å². The number of thioether (sulfide) groups is 1. The number of benzene rings is 2. The third-order valence-electron chi connectivity index (χ3n) is 2.53. The van der Waals surface area contributed by atoms with E-state index in [0.717, 1.165) is 15.1 Å². The van der Waals surface area contributed by atoms with Crippen LogP contribution in [0.5, 0.6) is 11.5 Å². The molecule has 0 aliphatic carbocycles. The topological polar surface area (TPSA) is 59.1 Å². The van der Waals surface area contributed by atoms with E-state index in [-0.39, 0.29) is 5.84 Å². The Hall–Kier alpha value is -1.46. The molecule has 0 aromatic heterocycles. The van der Waals surface area contributed by atoms with Crippen molar-refractivity contribution in [3.8, 4) is 11.5 Å². The number of nitrogen functional groups attached to an aromatic ring is 1. The molecule has 0 saturated carbocycles. The number of amidine groups is 1. The fourth-order valence-corrected chi connectivity index (χ4v) is 2.56. The van der Waals surface area contributed by atoms with Crippen molar-refractivity contribution in [3.63, 3.8) is 0 Å². The molecule has 98 valence electrons. The summed E-state index contributed by atoms with van der Waals surface area (Å²) in [6.07, 6.45) is 2.01. The second-order valence-corrected chi connectivity index (χ2v) is 5.51. The monoisotopic (exact) mass is 336 g/mol. The molecular weight excluding hydrogens is 324 g/mol. The molecule has 0 atom stereocenters. The molecule has 0 aliphatic rings. The minimum absolute atomic E-state index is 0.0387. The highest BCUT2D eigenvalue weighted by molar-refractivity contribution is 9.10. The predicted octanol–water partition coefficient (Wildman–Crippen LogP) is 4.25. The maximum atomic E-state index is 7.40. The van der Waals surface area contributed by atoms with Gasteiger partial charge in [0.1, 0.15) is 17.3 Å². The number of nitrogens with two attached hydrogens (primary N) is 1. The lowest BCUT2D eigenvalue weighted by Gasteiger charge is -2.11. The summed E-state index contributed by atoms with van der Waals surface area (Å²) < 4.78 is 6.66. The number of hydrogen-bond donors (Lipinski definition) is 2. The molecule has 2 rings (SSSR count). The second kappa shape index (κ2) is 6.12. The molecule has 0 unspecified atom stereocenters. The van der Waals surface area contributed by atoms with Crippen LogP contribution in [0.4, 0.5) is 0 Å². The van der Waals surface area contributed by atoms with Crippen molar-refractivity contribution < 1.29 is 4.74 Å². The predicted molar refractivity (Wildman–Crippen MR) is 83.5 cm³/mol. The number of para-hydroxylation sites is 1. The largest absolute Gasteiger partial charge is 0.455 e. The maximum Gasteiger partial charge on any atom is 0.141 e. The van der Waals surface area contributed by atoms with E-state index in [9.17, 15) is 0 Å². The first-order valence-corrected chi connectivity index (χ1v) is 7.58. The third kappa shape index (κ3) is 3.30. The summed E-state index contributed by atoms with van der Waals surface area (Å²) in [5.41, 5.74) is 6.11. The van der Waals surface area contributed by atoms with Gasteiger partial charge in [0.25, 0.3) is 0 Å². The van der Waals surface area contributed by atoms with Gasteiger partial charge < -0.3 is 10.5 Å². The molecule has 0 saturated heterocycles. The summed E-state index contributed by atoms with van der Waals surface area (Å²) in [5.74, 6) is 1.55. The first-order chi connectivity index (χ1) is 9.11. The Labute approximate surface area is 124 Å². The van der Waals surface area contributed by atoms with Gasteiger partial charge in [-0.3, -0.25) is 5.41 Å². The van der Waals surface area contributed by atoms with Crippen molar-refractivity contribution >= 4 is 33.5 Å². The van der Waals surface area contributed by atoms with Crippen LogP contribution in [0.25, 0.3) is 0 Å². The summed E-state index contributed by atoms with van der Waals surface area (Å²) in [6, 6.07) is 13.2. The summed E-state index contributed by atoms with van der Waals surface area (Å²) in [4.78, 5) is 1.07. The van der Waals surface area contributed by atoms with Gasteiger partial charge in [0, 0.05) is 10.5 Å². The van der Waals surface area contributed by atoms with Gasteiger partial charge in [-0.05, 0) is 52.5 Å². The molecule has 3 nitrogen and oxygen atoms in total. The van der Waals surface area contributed by atoms with E-state index < -0.39 is 0 Å². The van der Waals surface area contributed by atoms with Crippen molar-refractivity contribution in [1.82, 2.24) is 0 Å². The molecule has 5 heteroatoms. The second-order valence-electron chi connectivity index (χ2n) is 3.81. The Morgan fingerprint density at radius 2 is 1.95 bits per heavy atom. The van der Waals surface area contributed by atoms with Gasteiger partial charge in [-0.2, -0.15) is 0 Å². The molecule has 19 heavy (non-hydrogen) atoms. The van der Waals surface area contributed by atoms with Crippen LogP contribution >= 0.6 is 27.7 Å². The summed E-state index contributed by atoms with van der Waals surface area (Å²) in [5, 5.41) is 7.40. The van der Waals surface area contributed by atoms with E-state index in [1.165, 1.54) is 0 Å². The van der Waals surface area contributed by atoms with Crippen LogP contribution in [0.15, 0.2) is 51.8 Å². The standard InChI is InChI=1S/C14H13BrN2OS/c1-19-13-5-3-2-4-12(13)18-11-7-6-9(14(16)17)8-10(11)15/h2-8H,1H3,(H3,16,17). The van der Waals surface area contributed by atoms with Crippen molar-refractivity contribution in [2.45, 2.75) is 4.90 Å². The summed E-state index contributed by atoms with van der Waals surface area (Å²) in [6.45, 7) is 0. The average molecular weight is 337 g/mol. The maximum absolute atomic E-state index is 7.40. The number of nitrogens with one attached hydrogen (secondary N) is 1. The normalized spacial score (nSPS) is 10.2. The van der Waals surface area contributed by atoms with Crippen LogP contribution in [0.1, 0.15) is 5.56 Å². The quantitative estimate of drug-likeness (QED) is 0.498. The molecule has 0 fully saturated rings. The van der Waals surface area contributed by atoms with E-state index in [0.29, 0.717) is 11.3 Å². The highest BCUT2D eigenvalue weighted by Crippen LogP contribution is 2.35. The SMILES string of the molecule is CSc1ccccc1Oc1ccc(C(=N)N)cc1Br. The number of rotatable bonds is 4. The van der Waals surface area contributed by atoms with Crippen LogP contribution in [0.3, 0.4) is 0 Å². The van der Waals surface area contributed by atoms with Crippen LogP contribution in [0.2, 0.25) is 0 Å². The van der Waals surface area contributed by atoms with Crippen molar-refractivity contribution in [2.75, 3.05) is 6.26 Å². The van der Waals surface area contributed by atoms with Gasteiger partial charge in [0.2, 0.25) is 0 Å². The highest BCUT2D eigenvalue weighted by atomic mass is 79.9. The van der Waals surface area contributed by atoms with Gasteiger partial charge in [-0.25, -0.2) is 0 Å². The minimum atomic E-state index is 0.0387. The Kier molecular flexibility index (Phi) is 4.50. The van der Waals surface area contributed by atoms with Crippen LogP contribution < -0.4 is 10.5 Å². The lowest BCUT2D eigenvalue weighted by molar-refractivity contribution is 0.468. The van der Waals surface area contributed by atoms with Crippen LogP contribution in [-0.2, 0) is 0 Å². The van der Waals surface area contributed by atoms with Gasteiger partial charge >= 0.3 is 0 Å². The van der Waals surface area contributed by atoms with Crippen molar-refractivity contribution in [1.29, 1.82) is 5.41 Å². The van der Waals surface area contributed by atoms with Gasteiger partial charge in [-0.15, -0.1) is 11.8 Å². The molecule has 2 aromatic rings. The Morgan fingerprint density at radius 1 is 1.21 bits per heavy atom. The van der Waals surface area contributed by atoms with Crippen LogP contribution in [0, 0.1) is 5.41 Å². The molecule has 3 N–H and O–H groups in total. The van der Waals surface area contributed by atoms with Crippen LogP contribution in [-0.4, -0.2) is 12.1 Å². The molecule has 0 heterocycles. The summed E-state index contributed by atoms with van der Waals surface area (Å²) >= 11 is 5.07. The van der Waals surface area contributed by atoms with E-state index >= 15 is 0 Å². The molecule has 0 radical (unpaired) electrons. The van der Waals surface area contributed by atoms with E-state index in [1.54, 1.807) is 30.0 Å².